The van der Waals surface area contributed by atoms with Gasteiger partial charge in [-0.2, -0.15) is 11.3 Å². The Morgan fingerprint density at radius 3 is 2.52 bits per heavy atom. The third-order valence-corrected chi connectivity index (χ3v) is 5.59. The molecule has 0 amide bonds. The van der Waals surface area contributed by atoms with Crippen LogP contribution >= 0.6 is 11.3 Å². The van der Waals surface area contributed by atoms with Crippen LogP contribution in [0.1, 0.15) is 35.5 Å². The Bertz CT molecular complexity index is 1190. The highest BCUT2D eigenvalue weighted by Crippen LogP contribution is 2.29. The van der Waals surface area contributed by atoms with Crippen molar-refractivity contribution in [2.75, 3.05) is 5.32 Å². The van der Waals surface area contributed by atoms with Gasteiger partial charge in [-0.3, -0.25) is 0 Å². The van der Waals surface area contributed by atoms with Crippen LogP contribution in [0.5, 0.6) is 0 Å². The summed E-state index contributed by atoms with van der Waals surface area (Å²) in [6.07, 6.45) is 1.68. The number of aromatic nitrogens is 2. The first-order valence-corrected chi connectivity index (χ1v) is 10.5. The molecule has 4 aromatic rings. The van der Waals surface area contributed by atoms with Gasteiger partial charge in [-0.25, -0.2) is 14.8 Å². The Balaban J connectivity index is 1.75. The molecule has 0 unspecified atom stereocenters. The minimum absolute atomic E-state index is 0.287. The van der Waals surface area contributed by atoms with Crippen LogP contribution in [0.3, 0.4) is 0 Å². The highest BCUT2D eigenvalue weighted by Gasteiger charge is 2.14. The van der Waals surface area contributed by atoms with Crippen molar-refractivity contribution in [1.82, 2.24) is 9.97 Å². The zero-order valence-corrected chi connectivity index (χ0v) is 17.1. The van der Waals surface area contributed by atoms with E-state index in [0.717, 1.165) is 57.8 Å². The lowest BCUT2D eigenvalue weighted by Crippen LogP contribution is -2.07. The van der Waals surface area contributed by atoms with E-state index in [2.05, 4.69) is 24.5 Å². The van der Waals surface area contributed by atoms with Gasteiger partial charge in [0.2, 0.25) is 0 Å². The number of anilines is 2. The van der Waals surface area contributed by atoms with Gasteiger partial charge in [-0.15, -0.1) is 0 Å². The van der Waals surface area contributed by atoms with E-state index in [1.807, 2.05) is 35.7 Å². The lowest BCUT2D eigenvalue weighted by molar-refractivity contribution is 0.0697. The van der Waals surface area contributed by atoms with Crippen molar-refractivity contribution in [3.8, 4) is 11.4 Å². The molecule has 146 valence electrons. The molecule has 2 aromatic heterocycles. The maximum atomic E-state index is 11.2. The number of aryl methyl sites for hydroxylation is 1. The van der Waals surface area contributed by atoms with Gasteiger partial charge in [-0.1, -0.05) is 26.0 Å². The molecule has 2 heterocycles. The molecule has 0 radical (unpaired) electrons. The van der Waals surface area contributed by atoms with Gasteiger partial charge in [0.15, 0.2) is 5.82 Å². The molecule has 0 aliphatic carbocycles. The second-order valence-electron chi connectivity index (χ2n) is 6.75. The Morgan fingerprint density at radius 1 is 1.03 bits per heavy atom. The number of nitrogens with one attached hydrogen (secondary N) is 1. The molecule has 0 bridgehead atoms. The van der Waals surface area contributed by atoms with Gasteiger partial charge in [-0.05, 0) is 59.3 Å². The number of hydrogen-bond acceptors (Lipinski definition) is 5. The monoisotopic (exact) mass is 403 g/mol. The van der Waals surface area contributed by atoms with Crippen LogP contribution in [-0.2, 0) is 12.8 Å². The van der Waals surface area contributed by atoms with Gasteiger partial charge in [0.1, 0.15) is 5.82 Å². The topological polar surface area (TPSA) is 75.1 Å². The first-order chi connectivity index (χ1) is 14.1. The molecule has 0 aliphatic heterocycles. The molecule has 0 aliphatic rings. The number of aromatic carboxylic acids is 1. The van der Waals surface area contributed by atoms with Crippen molar-refractivity contribution in [2.24, 2.45) is 0 Å². The fourth-order valence-electron chi connectivity index (χ4n) is 3.41. The maximum absolute atomic E-state index is 11.2. The van der Waals surface area contributed by atoms with E-state index in [1.165, 1.54) is 0 Å². The van der Waals surface area contributed by atoms with Crippen LogP contribution in [0.2, 0.25) is 0 Å². The van der Waals surface area contributed by atoms with E-state index in [0.29, 0.717) is 0 Å². The standard InChI is InChI=1S/C23H21N3O2S/c1-3-19-20(4-2)25-21(17-9-10-29-13-17)26-22(19)24-18-8-7-14-11-16(23(27)28)6-5-15(14)12-18/h5-13H,3-4H2,1-2H3,(H,27,28)(H,24,25,26). The van der Waals surface area contributed by atoms with Crippen LogP contribution in [0.25, 0.3) is 22.2 Å². The van der Waals surface area contributed by atoms with E-state index in [-0.39, 0.29) is 5.56 Å². The first-order valence-electron chi connectivity index (χ1n) is 9.55. The molecule has 0 saturated heterocycles. The number of nitrogens with zero attached hydrogens (tertiary/aromatic N) is 2. The van der Waals surface area contributed by atoms with Crippen LogP contribution in [0.15, 0.2) is 53.2 Å². The summed E-state index contributed by atoms with van der Waals surface area (Å²) >= 11 is 1.63. The summed E-state index contributed by atoms with van der Waals surface area (Å²) in [6, 6.07) is 13.1. The number of benzene rings is 2. The van der Waals surface area contributed by atoms with Gasteiger partial charge in [0, 0.05) is 27.9 Å². The van der Waals surface area contributed by atoms with E-state index in [4.69, 9.17) is 9.97 Å². The Labute approximate surface area is 173 Å². The minimum atomic E-state index is -0.921. The molecule has 0 spiro atoms. The van der Waals surface area contributed by atoms with E-state index in [1.54, 1.807) is 23.5 Å². The number of rotatable bonds is 6. The first kappa shape index (κ1) is 19.1. The number of hydrogen-bond donors (Lipinski definition) is 2. The van der Waals surface area contributed by atoms with Crippen molar-refractivity contribution in [3.05, 3.63) is 70.0 Å². The quantitative estimate of drug-likeness (QED) is 0.418. The molecular formula is C23H21N3O2S. The van der Waals surface area contributed by atoms with Crippen LogP contribution < -0.4 is 5.32 Å². The zero-order valence-electron chi connectivity index (χ0n) is 16.3. The number of carboxylic acids is 1. The summed E-state index contributed by atoms with van der Waals surface area (Å²) in [7, 11) is 0. The van der Waals surface area contributed by atoms with Crippen LogP contribution in [0, 0.1) is 0 Å². The molecule has 2 N–H and O–H groups in total. The fourth-order valence-corrected chi connectivity index (χ4v) is 4.05. The zero-order chi connectivity index (χ0) is 20.4. The van der Waals surface area contributed by atoms with Crippen LogP contribution in [-0.4, -0.2) is 21.0 Å². The largest absolute Gasteiger partial charge is 0.478 e. The minimum Gasteiger partial charge on any atom is -0.478 e. The Hall–Kier alpha value is -3.25. The van der Waals surface area contributed by atoms with Gasteiger partial charge in [0.25, 0.3) is 0 Å². The number of carboxylic acid groups (broad SMARTS) is 1. The fraction of sp³-hybridized carbons (Fsp3) is 0.174. The Morgan fingerprint density at radius 2 is 1.83 bits per heavy atom. The predicted molar refractivity (Wildman–Crippen MR) is 118 cm³/mol. The number of carbonyl (C=O) groups is 1. The molecule has 0 atom stereocenters. The van der Waals surface area contributed by atoms with Crippen molar-refractivity contribution in [3.63, 3.8) is 0 Å². The van der Waals surface area contributed by atoms with E-state index >= 15 is 0 Å². The van der Waals surface area contributed by atoms with Crippen molar-refractivity contribution in [1.29, 1.82) is 0 Å². The summed E-state index contributed by atoms with van der Waals surface area (Å²) in [5.41, 5.74) is 4.39. The SMILES string of the molecule is CCc1nc(-c2ccsc2)nc(Nc2ccc3cc(C(=O)O)ccc3c2)c1CC. The lowest BCUT2D eigenvalue weighted by atomic mass is 10.1. The molecular weight excluding hydrogens is 382 g/mol. The third-order valence-electron chi connectivity index (χ3n) is 4.91. The van der Waals surface area contributed by atoms with Crippen molar-refractivity contribution < 1.29 is 9.90 Å². The van der Waals surface area contributed by atoms with Gasteiger partial charge < -0.3 is 10.4 Å². The average molecular weight is 404 g/mol. The normalized spacial score (nSPS) is 11.0. The lowest BCUT2D eigenvalue weighted by Gasteiger charge is -2.15. The summed E-state index contributed by atoms with van der Waals surface area (Å²) in [5, 5.41) is 18.6. The number of thiophene rings is 1. The van der Waals surface area contributed by atoms with Gasteiger partial charge in [0.05, 0.1) is 5.56 Å². The number of fused-ring (bicyclic) bond motifs is 1. The molecule has 6 heteroatoms. The predicted octanol–water partition coefficient (Wildman–Crippen LogP) is 5.92. The Kier molecular flexibility index (Phi) is 5.27. The second kappa shape index (κ2) is 8.01. The third kappa shape index (κ3) is 3.84. The van der Waals surface area contributed by atoms with Crippen molar-refractivity contribution in [2.45, 2.75) is 26.7 Å². The molecule has 0 fully saturated rings. The smallest absolute Gasteiger partial charge is 0.335 e. The highest BCUT2D eigenvalue weighted by atomic mass is 32.1. The summed E-state index contributed by atoms with van der Waals surface area (Å²) in [6.45, 7) is 4.22. The van der Waals surface area contributed by atoms with Crippen LogP contribution in [0.4, 0.5) is 11.5 Å². The van der Waals surface area contributed by atoms with E-state index < -0.39 is 5.97 Å². The molecule has 29 heavy (non-hydrogen) atoms. The molecule has 4 rings (SSSR count). The highest BCUT2D eigenvalue weighted by molar-refractivity contribution is 7.08. The molecule has 2 aromatic carbocycles. The van der Waals surface area contributed by atoms with Gasteiger partial charge >= 0.3 is 5.97 Å². The average Bonchev–Trinajstić information content (AvgIpc) is 3.27. The van der Waals surface area contributed by atoms with E-state index in [9.17, 15) is 9.90 Å². The maximum Gasteiger partial charge on any atom is 0.335 e. The summed E-state index contributed by atoms with van der Waals surface area (Å²) in [5.74, 6) is 0.632. The summed E-state index contributed by atoms with van der Waals surface area (Å²) in [4.78, 5) is 20.8. The molecule has 0 saturated carbocycles. The molecule has 5 nitrogen and oxygen atoms in total. The second-order valence-corrected chi connectivity index (χ2v) is 7.53. The summed E-state index contributed by atoms with van der Waals surface area (Å²) < 4.78 is 0. The van der Waals surface area contributed by atoms with Crippen molar-refractivity contribution >= 4 is 39.6 Å².